The first-order chi connectivity index (χ1) is 12.5. The van der Waals surface area contributed by atoms with Crippen LogP contribution in [-0.2, 0) is 9.53 Å². The van der Waals surface area contributed by atoms with E-state index in [2.05, 4.69) is 6.07 Å². The van der Waals surface area contributed by atoms with Crippen LogP contribution in [0.5, 0.6) is 11.5 Å². The molecule has 1 aromatic rings. The number of nitriles is 1. The Morgan fingerprint density at radius 3 is 2.38 bits per heavy atom. The van der Waals surface area contributed by atoms with Crippen LogP contribution in [0.1, 0.15) is 42.5 Å². The lowest BCUT2D eigenvalue weighted by molar-refractivity contribution is -0.138. The molecule has 0 N–H and O–H groups in total. The first-order valence-corrected chi connectivity index (χ1v) is 8.54. The summed E-state index contributed by atoms with van der Waals surface area (Å²) < 4.78 is 15.4. The number of likely N-dealkylation sites (N-methyl/N-ethyl adjacent to an activating group) is 1. The van der Waals surface area contributed by atoms with Crippen molar-refractivity contribution in [3.63, 3.8) is 0 Å². The van der Waals surface area contributed by atoms with Crippen molar-refractivity contribution in [3.05, 3.63) is 23.8 Å². The van der Waals surface area contributed by atoms with E-state index < -0.39 is 18.1 Å². The van der Waals surface area contributed by atoms with Gasteiger partial charge in [-0.15, -0.1) is 0 Å². The number of rotatable bonds is 6. The summed E-state index contributed by atoms with van der Waals surface area (Å²) in [5.74, 6) is -0.131. The quantitative estimate of drug-likeness (QED) is 0.724. The van der Waals surface area contributed by atoms with Gasteiger partial charge in [0.15, 0.2) is 18.1 Å². The van der Waals surface area contributed by atoms with Gasteiger partial charge in [0, 0.05) is 7.05 Å². The van der Waals surface area contributed by atoms with Crippen molar-refractivity contribution in [2.75, 3.05) is 27.9 Å². The summed E-state index contributed by atoms with van der Waals surface area (Å²) in [6, 6.07) is 6.90. The van der Waals surface area contributed by atoms with Crippen molar-refractivity contribution < 1.29 is 23.8 Å². The molecule has 0 unspecified atom stereocenters. The number of hydrogen-bond donors (Lipinski definition) is 0. The largest absolute Gasteiger partial charge is 0.493 e. The summed E-state index contributed by atoms with van der Waals surface area (Å²) in [5, 5.41) is 9.55. The van der Waals surface area contributed by atoms with E-state index in [-0.39, 0.29) is 11.5 Å². The van der Waals surface area contributed by atoms with Gasteiger partial charge < -0.3 is 19.1 Å². The number of carbonyl (C=O) groups excluding carboxylic acids is 2. The summed E-state index contributed by atoms with van der Waals surface area (Å²) in [5.41, 5.74) is -0.545. The van der Waals surface area contributed by atoms with Crippen LogP contribution in [-0.4, -0.2) is 50.2 Å². The highest BCUT2D eigenvalue weighted by Crippen LogP contribution is 2.32. The van der Waals surface area contributed by atoms with Gasteiger partial charge in [-0.1, -0.05) is 19.3 Å². The lowest BCUT2D eigenvalue weighted by Crippen LogP contribution is -2.51. The van der Waals surface area contributed by atoms with E-state index >= 15 is 0 Å². The molecule has 1 aliphatic carbocycles. The third-order valence-corrected chi connectivity index (χ3v) is 4.85. The van der Waals surface area contributed by atoms with Crippen LogP contribution < -0.4 is 9.47 Å². The van der Waals surface area contributed by atoms with Gasteiger partial charge in [-0.2, -0.15) is 5.26 Å². The Bertz CT molecular complexity index is 704. The molecule has 0 bridgehead atoms. The molecule has 0 spiro atoms. The number of nitrogens with zero attached hydrogens (tertiary/aromatic N) is 2. The average molecular weight is 360 g/mol. The molecule has 26 heavy (non-hydrogen) atoms. The molecule has 0 saturated heterocycles. The zero-order valence-electron chi connectivity index (χ0n) is 15.4. The number of benzene rings is 1. The molecular weight excluding hydrogens is 336 g/mol. The van der Waals surface area contributed by atoms with Crippen molar-refractivity contribution in [1.82, 2.24) is 4.90 Å². The van der Waals surface area contributed by atoms with Gasteiger partial charge in [0.1, 0.15) is 5.54 Å². The Labute approximate surface area is 153 Å². The van der Waals surface area contributed by atoms with Crippen LogP contribution >= 0.6 is 0 Å². The minimum Gasteiger partial charge on any atom is -0.493 e. The molecule has 2 rings (SSSR count). The molecule has 0 heterocycles. The molecule has 1 aliphatic rings. The lowest BCUT2D eigenvalue weighted by atomic mass is 9.81. The van der Waals surface area contributed by atoms with E-state index in [9.17, 15) is 14.9 Å². The van der Waals surface area contributed by atoms with Gasteiger partial charge in [0.05, 0.1) is 25.9 Å². The van der Waals surface area contributed by atoms with Crippen LogP contribution in [0.4, 0.5) is 0 Å². The maximum Gasteiger partial charge on any atom is 0.338 e. The number of methoxy groups -OCH3 is 2. The highest BCUT2D eigenvalue weighted by Gasteiger charge is 2.39. The summed E-state index contributed by atoms with van der Waals surface area (Å²) >= 11 is 0. The van der Waals surface area contributed by atoms with Crippen LogP contribution in [0.15, 0.2) is 18.2 Å². The molecule has 1 amide bonds. The van der Waals surface area contributed by atoms with Crippen molar-refractivity contribution in [1.29, 1.82) is 5.26 Å². The van der Waals surface area contributed by atoms with E-state index in [1.54, 1.807) is 13.1 Å². The van der Waals surface area contributed by atoms with Crippen molar-refractivity contribution in [2.45, 2.75) is 37.6 Å². The lowest BCUT2D eigenvalue weighted by Gasteiger charge is -2.38. The second-order valence-corrected chi connectivity index (χ2v) is 6.30. The highest BCUT2D eigenvalue weighted by molar-refractivity contribution is 5.92. The van der Waals surface area contributed by atoms with Crippen molar-refractivity contribution >= 4 is 11.9 Å². The minimum atomic E-state index is -0.801. The molecule has 7 heteroatoms. The smallest absolute Gasteiger partial charge is 0.338 e. The van der Waals surface area contributed by atoms with Crippen LogP contribution in [0, 0.1) is 11.3 Å². The van der Waals surface area contributed by atoms with Gasteiger partial charge in [-0.05, 0) is 31.0 Å². The molecule has 1 fully saturated rings. The molecule has 0 aromatic heterocycles. The fraction of sp³-hybridized carbons (Fsp3) is 0.526. The van der Waals surface area contributed by atoms with E-state index in [0.29, 0.717) is 24.3 Å². The number of ether oxygens (including phenoxy) is 3. The molecule has 140 valence electrons. The van der Waals surface area contributed by atoms with Crippen LogP contribution in [0.25, 0.3) is 0 Å². The maximum atomic E-state index is 12.4. The standard InChI is InChI=1S/C19H24N2O5/c1-21(19(13-20)9-5-4-6-10-19)17(22)12-26-18(23)14-7-8-15(24-2)16(11-14)25-3/h7-8,11H,4-6,9-10,12H2,1-3H3. The Hall–Kier alpha value is -2.75. The van der Waals surface area contributed by atoms with Gasteiger partial charge in [0.25, 0.3) is 5.91 Å². The molecule has 1 aromatic carbocycles. The van der Waals surface area contributed by atoms with E-state index in [1.807, 2.05) is 0 Å². The third kappa shape index (κ3) is 4.07. The van der Waals surface area contributed by atoms with Gasteiger partial charge in [-0.25, -0.2) is 4.79 Å². The second-order valence-electron chi connectivity index (χ2n) is 6.30. The predicted octanol–water partition coefficient (Wildman–Crippen LogP) is 2.55. The van der Waals surface area contributed by atoms with Gasteiger partial charge in [0.2, 0.25) is 0 Å². The molecule has 1 saturated carbocycles. The molecular formula is C19H24N2O5. The van der Waals surface area contributed by atoms with E-state index in [4.69, 9.17) is 14.2 Å². The number of carbonyl (C=O) groups is 2. The molecule has 7 nitrogen and oxygen atoms in total. The summed E-state index contributed by atoms with van der Waals surface area (Å²) in [7, 11) is 4.57. The Morgan fingerprint density at radius 1 is 1.15 bits per heavy atom. The monoisotopic (exact) mass is 360 g/mol. The van der Waals surface area contributed by atoms with Gasteiger partial charge >= 0.3 is 5.97 Å². The van der Waals surface area contributed by atoms with Crippen molar-refractivity contribution in [3.8, 4) is 17.6 Å². The zero-order chi connectivity index (χ0) is 19.2. The summed E-state index contributed by atoms with van der Waals surface area (Å²) in [6.07, 6.45) is 4.19. The van der Waals surface area contributed by atoms with E-state index in [0.717, 1.165) is 19.3 Å². The van der Waals surface area contributed by atoms with E-state index in [1.165, 1.54) is 31.3 Å². The minimum absolute atomic E-state index is 0.255. The first-order valence-electron chi connectivity index (χ1n) is 8.54. The third-order valence-electron chi connectivity index (χ3n) is 4.85. The molecule has 0 radical (unpaired) electrons. The van der Waals surface area contributed by atoms with Gasteiger partial charge in [-0.3, -0.25) is 4.79 Å². The summed E-state index contributed by atoms with van der Waals surface area (Å²) in [4.78, 5) is 26.1. The SMILES string of the molecule is COc1ccc(C(=O)OCC(=O)N(C)C2(C#N)CCCCC2)cc1OC. The van der Waals surface area contributed by atoms with Crippen molar-refractivity contribution in [2.24, 2.45) is 0 Å². The zero-order valence-corrected chi connectivity index (χ0v) is 15.4. The molecule has 0 atom stereocenters. The average Bonchev–Trinajstić information content (AvgIpc) is 2.70. The van der Waals surface area contributed by atoms with Crippen LogP contribution in [0.3, 0.4) is 0 Å². The second kappa shape index (κ2) is 8.56. The maximum absolute atomic E-state index is 12.4. The number of amides is 1. The highest BCUT2D eigenvalue weighted by atomic mass is 16.5. The fourth-order valence-corrected chi connectivity index (χ4v) is 3.17. The Balaban J connectivity index is 2.00. The number of esters is 1. The fourth-order valence-electron chi connectivity index (χ4n) is 3.17. The van der Waals surface area contributed by atoms with Crippen LogP contribution in [0.2, 0.25) is 0 Å². The number of hydrogen-bond acceptors (Lipinski definition) is 6. The predicted molar refractivity (Wildman–Crippen MR) is 94.0 cm³/mol. The topological polar surface area (TPSA) is 88.9 Å². The normalized spacial score (nSPS) is 15.5. The first kappa shape index (κ1) is 19.6. The Kier molecular flexibility index (Phi) is 6.45. The summed E-state index contributed by atoms with van der Waals surface area (Å²) in [6.45, 7) is -0.410. The molecule has 0 aliphatic heterocycles. The Morgan fingerprint density at radius 2 is 1.81 bits per heavy atom.